The third-order valence-corrected chi connectivity index (χ3v) is 12.9. The monoisotopic (exact) mass is 764 g/mol. The van der Waals surface area contributed by atoms with Crippen molar-refractivity contribution in [2.45, 2.75) is 141 Å². The maximum Gasteiger partial charge on any atom is 0.253 e. The van der Waals surface area contributed by atoms with Crippen molar-refractivity contribution < 1.29 is 19.8 Å². The fraction of sp³-hybridized carbons (Fsp3) is 0.591. The summed E-state index contributed by atoms with van der Waals surface area (Å²) in [5.74, 6) is 2.36. The molecule has 2 aliphatic carbocycles. The van der Waals surface area contributed by atoms with Crippen LogP contribution in [0.2, 0.25) is 0 Å². The summed E-state index contributed by atoms with van der Waals surface area (Å²) in [6.45, 7) is 14.0. The maximum absolute atomic E-state index is 12.7. The second kappa shape index (κ2) is 16.2. The lowest BCUT2D eigenvalue weighted by atomic mass is 9.77. The highest BCUT2D eigenvalue weighted by atomic mass is 16.3. The normalized spacial score (nSPS) is 25.4. The van der Waals surface area contributed by atoms with E-state index >= 15 is 0 Å². The van der Waals surface area contributed by atoms with Gasteiger partial charge in [-0.2, -0.15) is 0 Å². The summed E-state index contributed by atoms with van der Waals surface area (Å²) < 4.78 is 0. The number of carbonyl (C=O) groups is 2. The lowest BCUT2D eigenvalue weighted by molar-refractivity contribution is -0.00313. The summed E-state index contributed by atoms with van der Waals surface area (Å²) in [5, 5.41) is 28.4. The Morgan fingerprint density at radius 3 is 1.29 bits per heavy atom. The summed E-state index contributed by atoms with van der Waals surface area (Å²) in [4.78, 5) is 48.1. The summed E-state index contributed by atoms with van der Waals surface area (Å²) in [5.41, 5.74) is 1.22. The number of fused-ring (bicyclic) bond motifs is 2. The molecule has 0 radical (unpaired) electrons. The Hall–Kier alpha value is -4.42. The van der Waals surface area contributed by atoms with Crippen molar-refractivity contribution in [1.82, 2.24) is 30.6 Å². The number of carbonyl (C=O) groups excluding carboxylic acids is 2. The summed E-state index contributed by atoms with van der Waals surface area (Å²) in [7, 11) is 0. The Morgan fingerprint density at radius 1 is 0.607 bits per heavy atom. The van der Waals surface area contributed by atoms with Gasteiger partial charge < -0.3 is 30.6 Å². The number of aromatic nitrogens is 4. The van der Waals surface area contributed by atoms with E-state index in [4.69, 9.17) is 0 Å². The number of aliphatic hydroxyl groups is 2. The molecule has 0 aromatic carbocycles. The predicted molar refractivity (Wildman–Crippen MR) is 221 cm³/mol. The Bertz CT molecular complexity index is 1880. The third-order valence-electron chi connectivity index (χ3n) is 12.9. The van der Waals surface area contributed by atoms with Gasteiger partial charge in [-0.25, -0.2) is 19.9 Å². The molecule has 2 saturated carbocycles. The standard InChI is InChI=1S/2C22H30N4O2/c2*1-14-10-11-26(14)19-9-4-15-12-16(13-23-20(15)25-19)21(27)24-18-7-5-17(6-8-18)22(2,3)28/h2*4,9,12-14,17-18,28H,5-8,10-11H2,1-3H3,(H,24,27)/t2*14-,17?,18?/m10/s1. The van der Waals surface area contributed by atoms with Crippen LogP contribution in [0.15, 0.2) is 48.8 Å². The number of rotatable bonds is 8. The van der Waals surface area contributed by atoms with Gasteiger partial charge in [-0.1, -0.05) is 0 Å². The second-order valence-corrected chi connectivity index (χ2v) is 17.9. The first-order valence-corrected chi connectivity index (χ1v) is 20.8. The summed E-state index contributed by atoms with van der Waals surface area (Å²) in [6.07, 6.45) is 13.0. The van der Waals surface area contributed by atoms with Gasteiger partial charge in [0.05, 0.1) is 22.3 Å². The van der Waals surface area contributed by atoms with Gasteiger partial charge in [-0.15, -0.1) is 0 Å². The van der Waals surface area contributed by atoms with E-state index in [2.05, 4.69) is 54.2 Å². The van der Waals surface area contributed by atoms with E-state index in [1.165, 1.54) is 12.8 Å². The molecule has 4 aromatic rings. The van der Waals surface area contributed by atoms with Gasteiger partial charge >= 0.3 is 0 Å². The topological polar surface area (TPSA) is 157 Å². The van der Waals surface area contributed by atoms with Gasteiger partial charge in [-0.3, -0.25) is 9.59 Å². The molecule has 2 aliphatic heterocycles. The van der Waals surface area contributed by atoms with Crippen molar-refractivity contribution >= 4 is 45.5 Å². The quantitative estimate of drug-likeness (QED) is 0.155. The summed E-state index contributed by atoms with van der Waals surface area (Å²) in [6, 6.07) is 13.2. The fourth-order valence-corrected chi connectivity index (χ4v) is 8.71. The van der Waals surface area contributed by atoms with Crippen LogP contribution in [0.25, 0.3) is 22.1 Å². The van der Waals surface area contributed by atoms with Gasteiger partial charge in [0, 0.05) is 60.4 Å². The first-order chi connectivity index (χ1) is 26.6. The number of anilines is 2. The number of hydrogen-bond donors (Lipinski definition) is 4. The Labute approximate surface area is 330 Å². The zero-order valence-electron chi connectivity index (χ0n) is 34.0. The maximum atomic E-state index is 12.7. The molecule has 12 nitrogen and oxygen atoms in total. The minimum absolute atomic E-state index is 0.0819. The highest BCUT2D eigenvalue weighted by Gasteiger charge is 2.33. The number of nitrogens with zero attached hydrogens (tertiary/aromatic N) is 6. The lowest BCUT2D eigenvalue weighted by Gasteiger charge is -2.39. The van der Waals surface area contributed by atoms with E-state index in [1.54, 1.807) is 12.4 Å². The minimum atomic E-state index is -0.642. The smallest absolute Gasteiger partial charge is 0.253 e. The third kappa shape index (κ3) is 9.07. The second-order valence-electron chi connectivity index (χ2n) is 17.9. The molecule has 6 heterocycles. The number of nitrogens with one attached hydrogen (secondary N) is 2. The van der Waals surface area contributed by atoms with Crippen LogP contribution in [0.4, 0.5) is 11.6 Å². The molecule has 12 heteroatoms. The van der Waals surface area contributed by atoms with Crippen molar-refractivity contribution in [1.29, 1.82) is 0 Å². The fourth-order valence-electron chi connectivity index (χ4n) is 8.71. The molecule has 4 aliphatic rings. The zero-order valence-corrected chi connectivity index (χ0v) is 34.0. The minimum Gasteiger partial charge on any atom is -0.390 e. The van der Waals surface area contributed by atoms with Crippen molar-refractivity contribution in [2.75, 3.05) is 22.9 Å². The van der Waals surface area contributed by atoms with Crippen LogP contribution in [-0.2, 0) is 0 Å². The number of amides is 2. The van der Waals surface area contributed by atoms with E-state index in [1.807, 2.05) is 64.1 Å². The van der Waals surface area contributed by atoms with Crippen LogP contribution in [0.1, 0.15) is 126 Å². The molecule has 2 atom stereocenters. The van der Waals surface area contributed by atoms with Crippen molar-refractivity contribution in [3.63, 3.8) is 0 Å². The van der Waals surface area contributed by atoms with Crippen LogP contribution >= 0.6 is 0 Å². The van der Waals surface area contributed by atoms with Gasteiger partial charge in [-0.05, 0) is 154 Å². The molecule has 56 heavy (non-hydrogen) atoms. The first kappa shape index (κ1) is 39.8. The molecule has 0 spiro atoms. The van der Waals surface area contributed by atoms with Crippen LogP contribution in [0, 0.1) is 11.8 Å². The Kier molecular flexibility index (Phi) is 11.5. The molecular weight excluding hydrogens is 705 g/mol. The van der Waals surface area contributed by atoms with Gasteiger partial charge in [0.1, 0.15) is 11.6 Å². The molecule has 300 valence electrons. The average molecular weight is 765 g/mol. The van der Waals surface area contributed by atoms with Crippen LogP contribution in [-0.4, -0.2) is 90.4 Å². The van der Waals surface area contributed by atoms with Crippen LogP contribution in [0.5, 0.6) is 0 Å². The number of hydrogen-bond acceptors (Lipinski definition) is 10. The molecule has 0 unspecified atom stereocenters. The van der Waals surface area contributed by atoms with Crippen LogP contribution < -0.4 is 20.4 Å². The van der Waals surface area contributed by atoms with E-state index < -0.39 is 11.2 Å². The van der Waals surface area contributed by atoms with Crippen molar-refractivity contribution in [3.05, 3.63) is 59.9 Å². The van der Waals surface area contributed by atoms with Gasteiger partial charge in [0.15, 0.2) is 11.3 Å². The van der Waals surface area contributed by atoms with E-state index in [0.717, 1.165) is 86.9 Å². The molecule has 2 amide bonds. The molecular formula is C44H60N8O4. The molecule has 4 N–H and O–H groups in total. The highest BCUT2D eigenvalue weighted by molar-refractivity contribution is 5.98. The first-order valence-electron chi connectivity index (χ1n) is 20.8. The number of pyridine rings is 4. The molecule has 8 rings (SSSR count). The lowest BCUT2D eigenvalue weighted by Crippen LogP contribution is -2.46. The molecule has 4 fully saturated rings. The van der Waals surface area contributed by atoms with Gasteiger partial charge in [0.25, 0.3) is 11.8 Å². The van der Waals surface area contributed by atoms with E-state index in [9.17, 15) is 19.8 Å². The molecule has 4 aromatic heterocycles. The SMILES string of the molecule is C[C@@H]1CCN1c1ccc2cc(C(=O)NC3CCC(C(C)(C)O)CC3)cnc2n1.C[C@H]1CCN1c1ccc2cc(C(=O)NC3CCC(C(C)(C)O)CC3)cnc2n1. The van der Waals surface area contributed by atoms with Crippen molar-refractivity contribution in [3.8, 4) is 0 Å². The Balaban J connectivity index is 0.000000172. The average Bonchev–Trinajstić information content (AvgIpc) is 3.16. The van der Waals surface area contributed by atoms with E-state index in [-0.39, 0.29) is 23.9 Å². The molecule has 2 saturated heterocycles. The zero-order chi connectivity index (χ0) is 39.8. The molecule has 0 bridgehead atoms. The van der Waals surface area contributed by atoms with Crippen LogP contribution in [0.3, 0.4) is 0 Å². The highest BCUT2D eigenvalue weighted by Crippen LogP contribution is 2.34. The Morgan fingerprint density at radius 2 is 0.982 bits per heavy atom. The predicted octanol–water partition coefficient (Wildman–Crippen LogP) is 6.58. The van der Waals surface area contributed by atoms with Gasteiger partial charge in [0.2, 0.25) is 0 Å². The van der Waals surface area contributed by atoms with E-state index in [0.29, 0.717) is 46.3 Å². The van der Waals surface area contributed by atoms with Crippen molar-refractivity contribution in [2.24, 2.45) is 11.8 Å². The summed E-state index contributed by atoms with van der Waals surface area (Å²) >= 11 is 0. The largest absolute Gasteiger partial charge is 0.390 e.